The maximum absolute atomic E-state index is 6.94. The van der Waals surface area contributed by atoms with Crippen LogP contribution in [0.4, 0.5) is 11.6 Å². The summed E-state index contributed by atoms with van der Waals surface area (Å²) in [6.45, 7) is 1.78. The average molecular weight is 551 g/mol. The zero-order valence-corrected chi connectivity index (χ0v) is 23.0. The van der Waals surface area contributed by atoms with Crippen molar-refractivity contribution >= 4 is 45.2 Å². The summed E-state index contributed by atoms with van der Waals surface area (Å²) < 4.78 is 0. The van der Waals surface area contributed by atoms with Gasteiger partial charge in [-0.3, -0.25) is 5.10 Å². The summed E-state index contributed by atoms with van der Waals surface area (Å²) in [6, 6.07) is 15.5. The van der Waals surface area contributed by atoms with Gasteiger partial charge in [0.1, 0.15) is 17.2 Å². The minimum absolute atomic E-state index is 0.0607. The third kappa shape index (κ3) is 3.69. The number of fused-ring (bicyclic) bond motifs is 4. The van der Waals surface area contributed by atoms with Crippen LogP contribution in [0.15, 0.2) is 54.9 Å². The lowest BCUT2D eigenvalue weighted by atomic mass is 9.73. The van der Waals surface area contributed by atoms with E-state index < -0.39 is 0 Å². The van der Waals surface area contributed by atoms with E-state index in [1.54, 1.807) is 6.20 Å². The van der Waals surface area contributed by atoms with Crippen LogP contribution in [-0.4, -0.2) is 44.3 Å². The number of halogens is 1. The van der Waals surface area contributed by atoms with E-state index in [9.17, 15) is 0 Å². The summed E-state index contributed by atoms with van der Waals surface area (Å²) in [4.78, 5) is 16.5. The highest BCUT2D eigenvalue weighted by molar-refractivity contribution is 6.35. The molecule has 0 bridgehead atoms. The molecular formula is C31H31ClN8. The number of benzene rings is 2. The molecule has 2 aliphatic carbocycles. The summed E-state index contributed by atoms with van der Waals surface area (Å²) >= 11 is 6.78. The number of aromatic nitrogens is 5. The fraction of sp³-hybridized carbons (Fsp3) is 0.355. The predicted molar refractivity (Wildman–Crippen MR) is 160 cm³/mol. The highest BCUT2D eigenvalue weighted by Crippen LogP contribution is 2.52. The number of pyridine rings is 1. The van der Waals surface area contributed by atoms with E-state index in [1.807, 2.05) is 12.3 Å². The van der Waals surface area contributed by atoms with E-state index in [0.29, 0.717) is 28.0 Å². The van der Waals surface area contributed by atoms with Crippen molar-refractivity contribution in [1.82, 2.24) is 25.1 Å². The summed E-state index contributed by atoms with van der Waals surface area (Å²) in [5.74, 6) is 1.56. The van der Waals surface area contributed by atoms with E-state index in [-0.39, 0.29) is 11.5 Å². The molecule has 1 atom stereocenters. The number of H-pyrrole nitrogens is 1. The van der Waals surface area contributed by atoms with Crippen molar-refractivity contribution in [3.8, 4) is 11.3 Å². The second kappa shape index (κ2) is 9.14. The molecule has 3 aromatic heterocycles. The fourth-order valence-electron chi connectivity index (χ4n) is 6.91. The number of aromatic amines is 1. The molecule has 0 radical (unpaired) electrons. The highest BCUT2D eigenvalue weighted by atomic mass is 35.5. The van der Waals surface area contributed by atoms with Crippen molar-refractivity contribution in [1.29, 1.82) is 0 Å². The summed E-state index contributed by atoms with van der Waals surface area (Å²) in [5, 5.41) is 14.3. The number of nitrogens with two attached hydrogens (primary N) is 1. The van der Waals surface area contributed by atoms with Gasteiger partial charge in [-0.2, -0.15) is 5.10 Å². The van der Waals surface area contributed by atoms with Crippen LogP contribution < -0.4 is 16.0 Å². The van der Waals surface area contributed by atoms with Crippen LogP contribution in [0.3, 0.4) is 0 Å². The Hall–Kier alpha value is -3.75. The van der Waals surface area contributed by atoms with Crippen molar-refractivity contribution in [3.05, 3.63) is 71.0 Å². The van der Waals surface area contributed by atoms with Gasteiger partial charge in [-0.25, -0.2) is 15.0 Å². The molecule has 1 saturated heterocycles. The first-order chi connectivity index (χ1) is 19.6. The van der Waals surface area contributed by atoms with Crippen molar-refractivity contribution < 1.29 is 0 Å². The monoisotopic (exact) mass is 550 g/mol. The van der Waals surface area contributed by atoms with Gasteiger partial charge in [0.2, 0.25) is 5.65 Å². The maximum atomic E-state index is 6.94. The van der Waals surface area contributed by atoms with Crippen LogP contribution in [0.25, 0.3) is 33.2 Å². The SMILES string of the molecule is N[C@@H]1c2ccc3ccccc3c2CC12CCN(c1cnc3c(-c4ccnc(NC5CCC5)c4Cl)[nH]nc3n1)CC2. The smallest absolute Gasteiger partial charge is 0.202 e. The molecule has 8 rings (SSSR count). The third-order valence-corrected chi connectivity index (χ3v) is 9.92. The third-order valence-electron chi connectivity index (χ3n) is 9.54. The zero-order chi connectivity index (χ0) is 26.8. The molecule has 1 aliphatic heterocycles. The van der Waals surface area contributed by atoms with Gasteiger partial charge >= 0.3 is 0 Å². The van der Waals surface area contributed by atoms with Gasteiger partial charge < -0.3 is 16.0 Å². The van der Waals surface area contributed by atoms with Crippen LogP contribution in [0.5, 0.6) is 0 Å². The number of rotatable bonds is 4. The highest BCUT2D eigenvalue weighted by Gasteiger charge is 2.46. The van der Waals surface area contributed by atoms with Crippen LogP contribution in [0, 0.1) is 5.41 Å². The molecule has 2 aromatic carbocycles. The minimum atomic E-state index is 0.0607. The van der Waals surface area contributed by atoms with Gasteiger partial charge in [0, 0.05) is 36.9 Å². The van der Waals surface area contributed by atoms with E-state index in [4.69, 9.17) is 27.3 Å². The lowest BCUT2D eigenvalue weighted by Gasteiger charge is -2.42. The number of hydrogen-bond donors (Lipinski definition) is 3. The summed E-state index contributed by atoms with van der Waals surface area (Å²) in [7, 11) is 0. The molecule has 2 fully saturated rings. The molecule has 9 heteroatoms. The van der Waals surface area contributed by atoms with Gasteiger partial charge in [0.25, 0.3) is 0 Å². The lowest BCUT2D eigenvalue weighted by Crippen LogP contribution is -2.44. The lowest BCUT2D eigenvalue weighted by molar-refractivity contribution is 0.187. The van der Waals surface area contributed by atoms with Gasteiger partial charge in [-0.05, 0) is 71.9 Å². The Labute approximate surface area is 237 Å². The molecule has 4 heterocycles. The molecule has 40 heavy (non-hydrogen) atoms. The molecule has 4 N–H and O–H groups in total. The van der Waals surface area contributed by atoms with Crippen LogP contribution in [0.1, 0.15) is 49.3 Å². The Bertz CT molecular complexity index is 1750. The second-order valence-corrected chi connectivity index (χ2v) is 12.0. The standard InChI is InChI=1S/C31H31ClN8/c32-25-22(10-13-34-29(25)36-19-5-3-6-19)26-27-30(39-38-26)37-24(17-35-27)40-14-11-31(12-15-40)16-23-20-7-2-1-4-18(20)8-9-21(23)28(31)33/h1-2,4,7-10,13,17,19,28H,3,5-6,11-12,14-16,33H2,(H,34,36)(H,37,38,39)/t28-/m1/s1. The molecule has 5 aromatic rings. The van der Waals surface area contributed by atoms with E-state index in [2.05, 4.69) is 61.8 Å². The first kappa shape index (κ1) is 24.1. The van der Waals surface area contributed by atoms with Gasteiger partial charge in [-0.1, -0.05) is 48.0 Å². The van der Waals surface area contributed by atoms with Crippen LogP contribution in [0.2, 0.25) is 5.02 Å². The summed E-state index contributed by atoms with van der Waals surface area (Å²) in [6.07, 6.45) is 10.3. The largest absolute Gasteiger partial charge is 0.366 e. The molecular weight excluding hydrogens is 520 g/mol. The van der Waals surface area contributed by atoms with E-state index in [0.717, 1.165) is 62.3 Å². The van der Waals surface area contributed by atoms with Gasteiger partial charge in [-0.15, -0.1) is 0 Å². The molecule has 1 spiro atoms. The van der Waals surface area contributed by atoms with Crippen molar-refractivity contribution in [3.63, 3.8) is 0 Å². The topological polar surface area (TPSA) is 109 Å². The Morgan fingerprint density at radius 3 is 2.73 bits per heavy atom. The maximum Gasteiger partial charge on any atom is 0.202 e. The molecule has 3 aliphatic rings. The van der Waals surface area contributed by atoms with Crippen LogP contribution >= 0.6 is 11.6 Å². The first-order valence-corrected chi connectivity index (χ1v) is 14.6. The number of piperidine rings is 1. The second-order valence-electron chi connectivity index (χ2n) is 11.7. The minimum Gasteiger partial charge on any atom is -0.366 e. The Morgan fingerprint density at radius 2 is 1.90 bits per heavy atom. The van der Waals surface area contributed by atoms with Crippen LogP contribution in [-0.2, 0) is 6.42 Å². The first-order valence-electron chi connectivity index (χ1n) is 14.2. The van der Waals surface area contributed by atoms with E-state index in [1.165, 1.54) is 28.3 Å². The fourth-order valence-corrected chi connectivity index (χ4v) is 7.17. The molecule has 0 unspecified atom stereocenters. The van der Waals surface area contributed by atoms with Crippen molar-refractivity contribution in [2.45, 2.75) is 50.6 Å². The zero-order valence-electron chi connectivity index (χ0n) is 22.2. The van der Waals surface area contributed by atoms with E-state index >= 15 is 0 Å². The summed E-state index contributed by atoms with van der Waals surface area (Å²) in [5.41, 5.74) is 12.7. The molecule has 202 valence electrons. The number of hydrogen-bond acceptors (Lipinski definition) is 7. The molecule has 0 amide bonds. The number of anilines is 2. The Kier molecular flexibility index (Phi) is 5.50. The Morgan fingerprint density at radius 1 is 1.05 bits per heavy atom. The number of nitrogens with zero attached hydrogens (tertiary/aromatic N) is 5. The Balaban J connectivity index is 1.03. The van der Waals surface area contributed by atoms with Gasteiger partial charge in [0.15, 0.2) is 0 Å². The predicted octanol–water partition coefficient (Wildman–Crippen LogP) is 6.03. The van der Waals surface area contributed by atoms with Crippen molar-refractivity contribution in [2.24, 2.45) is 11.1 Å². The molecule has 8 nitrogen and oxygen atoms in total. The van der Waals surface area contributed by atoms with Gasteiger partial charge in [0.05, 0.1) is 16.9 Å². The normalized spacial score (nSPS) is 20.2. The average Bonchev–Trinajstić information content (AvgIpc) is 3.50. The molecule has 1 saturated carbocycles. The number of nitrogens with one attached hydrogen (secondary N) is 2. The quantitative estimate of drug-likeness (QED) is 0.251. The van der Waals surface area contributed by atoms with Crippen molar-refractivity contribution in [2.75, 3.05) is 23.3 Å².